The van der Waals surface area contributed by atoms with E-state index in [-0.39, 0.29) is 11.8 Å². The zero-order chi connectivity index (χ0) is 18.1. The Labute approximate surface area is 146 Å². The highest BCUT2D eigenvalue weighted by Gasteiger charge is 2.22. The molecule has 0 saturated heterocycles. The molecule has 24 heavy (non-hydrogen) atoms. The van der Waals surface area contributed by atoms with E-state index in [1.165, 1.54) is 7.11 Å². The maximum atomic E-state index is 13.7. The number of thioether (sulfide) groups is 1. The first-order valence-electron chi connectivity index (χ1n) is 7.94. The molecular formula is C17H26F3NO2S. The topological polar surface area (TPSA) is 44.5 Å². The van der Waals surface area contributed by atoms with E-state index in [1.54, 1.807) is 13.2 Å². The number of rotatable bonds is 11. The van der Waals surface area contributed by atoms with E-state index >= 15 is 0 Å². The minimum atomic E-state index is -1.79. The average molecular weight is 365 g/mol. The summed E-state index contributed by atoms with van der Waals surface area (Å²) in [6.07, 6.45) is -2.48. The predicted octanol–water partition coefficient (Wildman–Crippen LogP) is 4.11. The highest BCUT2D eigenvalue weighted by Crippen LogP contribution is 2.37. The molecule has 0 bridgehead atoms. The van der Waals surface area contributed by atoms with E-state index in [2.05, 4.69) is 0 Å². The largest absolute Gasteiger partial charge is 0.496 e. The minimum Gasteiger partial charge on any atom is -0.496 e. The molecule has 7 heteroatoms. The fourth-order valence-corrected chi connectivity index (χ4v) is 3.21. The van der Waals surface area contributed by atoms with Gasteiger partial charge in [-0.15, -0.1) is 11.8 Å². The van der Waals surface area contributed by atoms with Gasteiger partial charge in [-0.2, -0.15) is 0 Å². The summed E-state index contributed by atoms with van der Waals surface area (Å²) in [5, 5.41) is 0. The van der Waals surface area contributed by atoms with Crippen molar-refractivity contribution in [2.75, 3.05) is 26.6 Å². The van der Waals surface area contributed by atoms with Gasteiger partial charge in [0.1, 0.15) is 23.8 Å². The van der Waals surface area contributed by atoms with Crippen molar-refractivity contribution >= 4 is 11.8 Å². The number of hydrogen-bond donors (Lipinski definition) is 1. The molecule has 3 nitrogen and oxygen atoms in total. The van der Waals surface area contributed by atoms with Crippen molar-refractivity contribution in [3.8, 4) is 11.5 Å². The van der Waals surface area contributed by atoms with Crippen LogP contribution < -0.4 is 15.2 Å². The van der Waals surface area contributed by atoms with Gasteiger partial charge in [-0.05, 0) is 30.5 Å². The third-order valence-electron chi connectivity index (χ3n) is 3.75. The van der Waals surface area contributed by atoms with Gasteiger partial charge in [0.15, 0.2) is 0 Å². The SMILES string of the molecule is CCC(N)Cc1cc(OC)c(SCC(F)C(F)CCF)cc1OC. The Balaban J connectivity index is 2.90. The molecule has 3 atom stereocenters. The lowest BCUT2D eigenvalue weighted by atomic mass is 10.0. The molecule has 0 amide bonds. The smallest absolute Gasteiger partial charge is 0.141 e. The second-order valence-corrected chi connectivity index (χ2v) is 6.57. The Morgan fingerprint density at radius 2 is 1.79 bits per heavy atom. The maximum Gasteiger partial charge on any atom is 0.141 e. The summed E-state index contributed by atoms with van der Waals surface area (Å²) in [7, 11) is 3.07. The van der Waals surface area contributed by atoms with Crippen molar-refractivity contribution in [3.05, 3.63) is 17.7 Å². The lowest BCUT2D eigenvalue weighted by molar-refractivity contribution is 0.166. The molecular weight excluding hydrogens is 339 g/mol. The molecule has 1 aromatic carbocycles. The zero-order valence-electron chi connectivity index (χ0n) is 14.4. The van der Waals surface area contributed by atoms with Crippen molar-refractivity contribution in [2.45, 2.75) is 49.5 Å². The molecule has 0 aromatic heterocycles. The van der Waals surface area contributed by atoms with Crippen molar-refractivity contribution in [2.24, 2.45) is 5.73 Å². The lowest BCUT2D eigenvalue weighted by Crippen LogP contribution is -2.22. The number of benzene rings is 1. The summed E-state index contributed by atoms with van der Waals surface area (Å²) in [6, 6.07) is 3.57. The normalized spacial score (nSPS) is 15.0. The molecule has 0 radical (unpaired) electrons. The van der Waals surface area contributed by atoms with Crippen LogP contribution in [0.5, 0.6) is 11.5 Å². The molecule has 0 aliphatic heterocycles. The molecule has 138 valence electrons. The number of hydrogen-bond acceptors (Lipinski definition) is 4. The molecule has 2 N–H and O–H groups in total. The quantitative estimate of drug-likeness (QED) is 0.600. The third-order valence-corrected chi connectivity index (χ3v) is 4.86. The van der Waals surface area contributed by atoms with E-state index in [4.69, 9.17) is 15.2 Å². The van der Waals surface area contributed by atoms with Gasteiger partial charge in [0.25, 0.3) is 0 Å². The second kappa shape index (κ2) is 10.7. The first kappa shape index (κ1) is 21.0. The van der Waals surface area contributed by atoms with Crippen molar-refractivity contribution < 1.29 is 22.6 Å². The van der Waals surface area contributed by atoms with E-state index in [1.807, 2.05) is 13.0 Å². The van der Waals surface area contributed by atoms with E-state index in [9.17, 15) is 13.2 Å². The van der Waals surface area contributed by atoms with Gasteiger partial charge in [0.05, 0.1) is 25.8 Å². The number of methoxy groups -OCH3 is 2. The Morgan fingerprint density at radius 1 is 1.12 bits per heavy atom. The summed E-state index contributed by atoms with van der Waals surface area (Å²) >= 11 is 1.12. The Morgan fingerprint density at radius 3 is 2.33 bits per heavy atom. The molecule has 0 spiro atoms. The summed E-state index contributed by atoms with van der Waals surface area (Å²) in [6.45, 7) is 1.14. The van der Waals surface area contributed by atoms with Crippen LogP contribution in [0, 0.1) is 0 Å². The Hall–Kier alpha value is -1.08. The van der Waals surface area contributed by atoms with Gasteiger partial charge in [-0.3, -0.25) is 4.39 Å². The molecule has 0 saturated carbocycles. The highest BCUT2D eigenvalue weighted by atomic mass is 32.2. The molecule has 3 unspecified atom stereocenters. The monoisotopic (exact) mass is 365 g/mol. The fourth-order valence-electron chi connectivity index (χ4n) is 2.19. The first-order chi connectivity index (χ1) is 11.5. The predicted molar refractivity (Wildman–Crippen MR) is 92.6 cm³/mol. The summed E-state index contributed by atoms with van der Waals surface area (Å²) in [4.78, 5) is 0.651. The first-order valence-corrected chi connectivity index (χ1v) is 8.92. The van der Waals surface area contributed by atoms with E-state index < -0.39 is 25.4 Å². The fraction of sp³-hybridized carbons (Fsp3) is 0.647. The second-order valence-electron chi connectivity index (χ2n) is 5.51. The molecule has 0 fully saturated rings. The van der Waals surface area contributed by atoms with Crippen LogP contribution in [0.3, 0.4) is 0 Å². The number of ether oxygens (including phenoxy) is 2. The Kier molecular flexibility index (Phi) is 9.36. The van der Waals surface area contributed by atoms with Crippen LogP contribution in [0.25, 0.3) is 0 Å². The van der Waals surface area contributed by atoms with Crippen LogP contribution in [0.1, 0.15) is 25.3 Å². The van der Waals surface area contributed by atoms with Gasteiger partial charge in [0, 0.05) is 18.2 Å². The molecule has 0 heterocycles. The summed E-state index contributed by atoms with van der Waals surface area (Å²) in [5.41, 5.74) is 6.90. The molecule has 0 aliphatic carbocycles. The van der Waals surface area contributed by atoms with Crippen LogP contribution in [0.4, 0.5) is 13.2 Å². The lowest BCUT2D eigenvalue weighted by Gasteiger charge is -2.18. The van der Waals surface area contributed by atoms with Gasteiger partial charge in [-0.1, -0.05) is 6.92 Å². The standard InChI is InChI=1S/C17H26F3NO2S/c1-4-12(21)7-11-8-16(23-3)17(9-15(11)22-2)24-10-14(20)13(19)5-6-18/h8-9,12-14H,4-7,10,21H2,1-3H3. The maximum absolute atomic E-state index is 13.7. The van der Waals surface area contributed by atoms with Gasteiger partial charge < -0.3 is 15.2 Å². The number of halogens is 3. The highest BCUT2D eigenvalue weighted by molar-refractivity contribution is 7.99. The van der Waals surface area contributed by atoms with Crippen LogP contribution in [0.2, 0.25) is 0 Å². The van der Waals surface area contributed by atoms with Gasteiger partial charge in [-0.25, -0.2) is 8.78 Å². The Bertz CT molecular complexity index is 505. The summed E-state index contributed by atoms with van der Waals surface area (Å²) in [5.74, 6) is 1.08. The van der Waals surface area contributed by atoms with Crippen molar-refractivity contribution in [3.63, 3.8) is 0 Å². The van der Waals surface area contributed by atoms with Gasteiger partial charge in [0.2, 0.25) is 0 Å². The molecule has 1 aromatic rings. The molecule has 0 aliphatic rings. The van der Waals surface area contributed by atoms with Crippen LogP contribution in [-0.4, -0.2) is 45.0 Å². The van der Waals surface area contributed by atoms with Crippen molar-refractivity contribution in [1.29, 1.82) is 0 Å². The van der Waals surface area contributed by atoms with E-state index in [0.29, 0.717) is 22.8 Å². The van der Waals surface area contributed by atoms with E-state index in [0.717, 1.165) is 23.7 Å². The average Bonchev–Trinajstić information content (AvgIpc) is 2.59. The van der Waals surface area contributed by atoms with Gasteiger partial charge >= 0.3 is 0 Å². The number of nitrogens with two attached hydrogens (primary N) is 1. The number of alkyl halides is 3. The summed E-state index contributed by atoms with van der Waals surface area (Å²) < 4.78 is 49.9. The molecule has 1 rings (SSSR count). The third kappa shape index (κ3) is 6.09. The van der Waals surface area contributed by atoms with Crippen LogP contribution in [-0.2, 0) is 6.42 Å². The van der Waals surface area contributed by atoms with Crippen LogP contribution >= 0.6 is 11.8 Å². The minimum absolute atomic E-state index is 0.00493. The van der Waals surface area contributed by atoms with Crippen molar-refractivity contribution in [1.82, 2.24) is 0 Å². The van der Waals surface area contributed by atoms with Crippen LogP contribution in [0.15, 0.2) is 17.0 Å². The zero-order valence-corrected chi connectivity index (χ0v) is 15.2.